The number of carbonyl (C=O) groups excluding carboxylic acids is 1. The molecule has 0 bridgehead atoms. The second kappa shape index (κ2) is 9.25. The molecular formula is C20H23N3O3S2. The number of nitrogens with one attached hydrogen (secondary N) is 2. The van der Waals surface area contributed by atoms with E-state index in [2.05, 4.69) is 15.0 Å². The number of nitrogens with zero attached hydrogens (tertiary/aromatic N) is 1. The summed E-state index contributed by atoms with van der Waals surface area (Å²) in [6.45, 7) is 0.506. The van der Waals surface area contributed by atoms with Gasteiger partial charge in [0.2, 0.25) is 5.91 Å². The van der Waals surface area contributed by atoms with E-state index < -0.39 is 16.1 Å². The minimum absolute atomic E-state index is 0.193. The second-order valence-electron chi connectivity index (χ2n) is 6.40. The number of carbonyl (C=O) groups is 1. The van der Waals surface area contributed by atoms with Crippen LogP contribution >= 0.6 is 11.8 Å². The third-order valence-electron chi connectivity index (χ3n) is 4.40. The highest BCUT2D eigenvalue weighted by Crippen LogP contribution is 2.23. The molecule has 0 aliphatic carbocycles. The fraction of sp³-hybridized carbons (Fsp3) is 0.300. The summed E-state index contributed by atoms with van der Waals surface area (Å²) in [6.07, 6.45) is 3.23. The van der Waals surface area contributed by atoms with Crippen molar-refractivity contribution in [3.05, 3.63) is 65.7 Å². The number of rotatable bonds is 8. The molecule has 0 radical (unpaired) electrons. The first-order valence-electron chi connectivity index (χ1n) is 9.02. The zero-order valence-corrected chi connectivity index (χ0v) is 17.2. The Labute approximate surface area is 169 Å². The number of amidine groups is 1. The molecule has 148 valence electrons. The van der Waals surface area contributed by atoms with Gasteiger partial charge < -0.3 is 5.32 Å². The summed E-state index contributed by atoms with van der Waals surface area (Å²) in [6, 6.07) is 15.9. The predicted molar refractivity (Wildman–Crippen MR) is 113 cm³/mol. The summed E-state index contributed by atoms with van der Waals surface area (Å²) < 4.78 is 27.0. The molecule has 2 aromatic carbocycles. The van der Waals surface area contributed by atoms with Crippen molar-refractivity contribution in [1.29, 1.82) is 0 Å². The van der Waals surface area contributed by atoms with E-state index in [4.69, 9.17) is 0 Å². The van der Waals surface area contributed by atoms with Crippen LogP contribution in [-0.2, 0) is 21.2 Å². The zero-order chi connectivity index (χ0) is 20.0. The fourth-order valence-electron chi connectivity index (χ4n) is 2.96. The average molecular weight is 418 g/mol. The van der Waals surface area contributed by atoms with Gasteiger partial charge in [0.15, 0.2) is 0 Å². The topological polar surface area (TPSA) is 87.6 Å². The molecule has 0 aromatic heterocycles. The predicted octanol–water partition coefficient (Wildman–Crippen LogP) is 2.21. The number of aliphatic imine (C=N–C) groups is 1. The van der Waals surface area contributed by atoms with Gasteiger partial charge in [-0.15, -0.1) is 0 Å². The van der Waals surface area contributed by atoms with Gasteiger partial charge >= 0.3 is 0 Å². The van der Waals surface area contributed by atoms with Gasteiger partial charge in [-0.2, -0.15) is 11.8 Å². The average Bonchev–Trinajstić information content (AvgIpc) is 2.96. The molecule has 0 saturated carbocycles. The van der Waals surface area contributed by atoms with Crippen LogP contribution in [0.15, 0.2) is 64.5 Å². The first-order chi connectivity index (χ1) is 13.5. The number of sulfonamides is 1. The lowest BCUT2D eigenvalue weighted by molar-refractivity contribution is -0.122. The van der Waals surface area contributed by atoms with Crippen LogP contribution in [0.4, 0.5) is 0 Å². The lowest BCUT2D eigenvalue weighted by Crippen LogP contribution is -2.37. The molecule has 0 unspecified atom stereocenters. The van der Waals surface area contributed by atoms with Crippen molar-refractivity contribution < 1.29 is 13.2 Å². The van der Waals surface area contributed by atoms with Crippen LogP contribution in [0.1, 0.15) is 17.5 Å². The SMILES string of the molecule is CSCC[C@@H](N=C1NS(=O)(=O)c2ccccc21)C(=O)NCCc1ccccc1. The number of hydrogen-bond acceptors (Lipinski definition) is 5. The molecule has 2 N–H and O–H groups in total. The van der Waals surface area contributed by atoms with Gasteiger partial charge in [0.1, 0.15) is 11.9 Å². The Balaban J connectivity index is 1.73. The molecule has 1 heterocycles. The quantitative estimate of drug-likeness (QED) is 0.689. The monoisotopic (exact) mass is 417 g/mol. The number of amides is 1. The summed E-state index contributed by atoms with van der Waals surface area (Å²) in [4.78, 5) is 17.4. The van der Waals surface area contributed by atoms with E-state index in [9.17, 15) is 13.2 Å². The molecule has 3 rings (SSSR count). The lowest BCUT2D eigenvalue weighted by Gasteiger charge is -2.14. The minimum Gasteiger partial charge on any atom is -0.354 e. The van der Waals surface area contributed by atoms with Crippen molar-refractivity contribution in [2.75, 3.05) is 18.6 Å². The number of fused-ring (bicyclic) bond motifs is 1. The largest absolute Gasteiger partial charge is 0.354 e. The van der Waals surface area contributed by atoms with Crippen molar-refractivity contribution in [3.8, 4) is 0 Å². The van der Waals surface area contributed by atoms with Crippen LogP contribution in [0.3, 0.4) is 0 Å². The van der Waals surface area contributed by atoms with E-state index in [-0.39, 0.29) is 16.6 Å². The van der Waals surface area contributed by atoms with Gasteiger partial charge in [-0.25, -0.2) is 8.42 Å². The Morgan fingerprint density at radius 1 is 1.14 bits per heavy atom. The highest BCUT2D eigenvalue weighted by molar-refractivity contribution is 7.98. The third kappa shape index (κ3) is 4.94. The Bertz CT molecular complexity index is 960. The Morgan fingerprint density at radius 3 is 2.61 bits per heavy atom. The Hall–Kier alpha value is -2.32. The highest BCUT2D eigenvalue weighted by atomic mass is 32.2. The van der Waals surface area contributed by atoms with E-state index in [1.54, 1.807) is 30.0 Å². The standard InChI is InChI=1S/C20H23N3O3S2/c1-27-14-12-17(20(24)21-13-11-15-7-3-2-4-8-15)22-19-16-9-5-6-10-18(16)28(25,26)23-19/h2-10,17H,11-14H2,1H3,(H,21,24)(H,22,23)/t17-/m1/s1. The first kappa shape index (κ1) is 20.4. The maximum absolute atomic E-state index is 12.7. The van der Waals surface area contributed by atoms with E-state index in [0.29, 0.717) is 18.5 Å². The zero-order valence-electron chi connectivity index (χ0n) is 15.6. The maximum atomic E-state index is 12.7. The summed E-state index contributed by atoms with van der Waals surface area (Å²) in [5, 5.41) is 2.93. The van der Waals surface area contributed by atoms with Gasteiger partial charge in [-0.1, -0.05) is 42.5 Å². The molecule has 0 spiro atoms. The Morgan fingerprint density at radius 2 is 1.86 bits per heavy atom. The molecule has 1 atom stereocenters. The number of hydrogen-bond donors (Lipinski definition) is 2. The maximum Gasteiger partial charge on any atom is 0.263 e. The van der Waals surface area contributed by atoms with Crippen LogP contribution in [-0.4, -0.2) is 44.8 Å². The van der Waals surface area contributed by atoms with Crippen molar-refractivity contribution in [2.45, 2.75) is 23.8 Å². The van der Waals surface area contributed by atoms with Crippen molar-refractivity contribution in [2.24, 2.45) is 4.99 Å². The summed E-state index contributed by atoms with van der Waals surface area (Å²) in [7, 11) is -3.62. The van der Waals surface area contributed by atoms with Crippen LogP contribution < -0.4 is 10.0 Å². The van der Waals surface area contributed by atoms with E-state index >= 15 is 0 Å². The van der Waals surface area contributed by atoms with E-state index in [1.807, 2.05) is 36.6 Å². The minimum atomic E-state index is -3.62. The normalized spacial score (nSPS) is 17.0. The highest BCUT2D eigenvalue weighted by Gasteiger charge is 2.31. The van der Waals surface area contributed by atoms with Crippen LogP contribution in [0.25, 0.3) is 0 Å². The molecule has 28 heavy (non-hydrogen) atoms. The molecular weight excluding hydrogens is 394 g/mol. The van der Waals surface area contributed by atoms with Crippen molar-refractivity contribution >= 4 is 33.5 Å². The van der Waals surface area contributed by atoms with E-state index in [1.165, 1.54) is 6.07 Å². The molecule has 8 heteroatoms. The van der Waals surface area contributed by atoms with E-state index in [0.717, 1.165) is 17.7 Å². The number of thioether (sulfide) groups is 1. The molecule has 1 amide bonds. The number of benzene rings is 2. The first-order valence-corrected chi connectivity index (χ1v) is 11.9. The lowest BCUT2D eigenvalue weighted by atomic mass is 10.1. The van der Waals surface area contributed by atoms with Gasteiger partial charge in [0, 0.05) is 12.1 Å². The molecule has 1 aliphatic heterocycles. The smallest absolute Gasteiger partial charge is 0.263 e. The van der Waals surface area contributed by atoms with Gasteiger partial charge in [0.05, 0.1) is 4.90 Å². The van der Waals surface area contributed by atoms with Crippen molar-refractivity contribution in [1.82, 2.24) is 10.0 Å². The summed E-state index contributed by atoms with van der Waals surface area (Å²) >= 11 is 1.62. The summed E-state index contributed by atoms with van der Waals surface area (Å²) in [5.74, 6) is 0.795. The van der Waals surface area contributed by atoms with Crippen LogP contribution in [0.5, 0.6) is 0 Å². The third-order valence-corrected chi connectivity index (χ3v) is 6.44. The molecule has 2 aromatic rings. The van der Waals surface area contributed by atoms with Gasteiger partial charge in [0.25, 0.3) is 10.0 Å². The second-order valence-corrected chi connectivity index (χ2v) is 9.04. The molecule has 0 fully saturated rings. The van der Waals surface area contributed by atoms with Crippen LogP contribution in [0, 0.1) is 0 Å². The Kier molecular flexibility index (Phi) is 6.74. The van der Waals surface area contributed by atoms with Crippen LogP contribution in [0.2, 0.25) is 0 Å². The molecule has 0 saturated heterocycles. The molecule has 6 nitrogen and oxygen atoms in total. The van der Waals surface area contributed by atoms with Gasteiger partial charge in [-0.05, 0) is 42.5 Å². The summed E-state index contributed by atoms with van der Waals surface area (Å²) in [5.41, 5.74) is 1.65. The molecule has 1 aliphatic rings. The fourth-order valence-corrected chi connectivity index (χ4v) is 4.66. The van der Waals surface area contributed by atoms with Gasteiger partial charge in [-0.3, -0.25) is 14.5 Å². The van der Waals surface area contributed by atoms with Crippen molar-refractivity contribution in [3.63, 3.8) is 0 Å².